The largest absolute Gasteiger partial charge is 0.507 e. The molecule has 12 heteroatoms. The SMILES string of the molecule is C=CC(=O)N1CCN(n2c(=O)c(=O)n(-c3c(C)ccnc3C(C)C)c3nc(-c4c(O)cccc4F)c(F)cc32)CC1. The van der Waals surface area contributed by atoms with Crippen LogP contribution < -0.4 is 16.1 Å². The average Bonchev–Trinajstić information content (AvgIpc) is 2.94. The van der Waals surface area contributed by atoms with Gasteiger partial charge in [0.1, 0.15) is 22.8 Å². The van der Waals surface area contributed by atoms with E-state index in [9.17, 15) is 23.9 Å². The number of hydrogen-bond donors (Lipinski definition) is 1. The second-order valence-corrected chi connectivity index (χ2v) is 10.1. The van der Waals surface area contributed by atoms with Crippen molar-refractivity contribution in [3.63, 3.8) is 0 Å². The molecule has 0 aliphatic carbocycles. The molecule has 212 valence electrons. The normalized spacial score (nSPS) is 13.7. The van der Waals surface area contributed by atoms with Crippen LogP contribution in [0.4, 0.5) is 8.78 Å². The van der Waals surface area contributed by atoms with Gasteiger partial charge in [0.25, 0.3) is 0 Å². The second-order valence-electron chi connectivity index (χ2n) is 10.1. The number of piperazine rings is 1. The van der Waals surface area contributed by atoms with Crippen molar-refractivity contribution in [1.82, 2.24) is 24.1 Å². The van der Waals surface area contributed by atoms with Crippen molar-refractivity contribution in [2.75, 3.05) is 31.2 Å². The molecule has 0 unspecified atom stereocenters. The maximum atomic E-state index is 15.7. The van der Waals surface area contributed by atoms with Crippen LogP contribution in [-0.4, -0.2) is 61.3 Å². The first-order chi connectivity index (χ1) is 19.5. The topological polar surface area (TPSA) is 114 Å². The summed E-state index contributed by atoms with van der Waals surface area (Å²) in [6.07, 6.45) is 2.78. The van der Waals surface area contributed by atoms with Gasteiger partial charge < -0.3 is 15.0 Å². The Bertz CT molecular complexity index is 1800. The summed E-state index contributed by atoms with van der Waals surface area (Å²) in [5.41, 5.74) is -1.68. The van der Waals surface area contributed by atoms with Gasteiger partial charge in [-0.2, -0.15) is 0 Å². The van der Waals surface area contributed by atoms with E-state index in [1.165, 1.54) is 18.2 Å². The van der Waals surface area contributed by atoms with Crippen molar-refractivity contribution in [3.05, 3.63) is 92.8 Å². The highest BCUT2D eigenvalue weighted by atomic mass is 19.1. The third-order valence-electron chi connectivity index (χ3n) is 7.13. The van der Waals surface area contributed by atoms with E-state index in [4.69, 9.17) is 0 Å². The molecule has 0 bridgehead atoms. The van der Waals surface area contributed by atoms with E-state index in [1.54, 1.807) is 29.1 Å². The Balaban J connectivity index is 1.86. The highest BCUT2D eigenvalue weighted by Gasteiger charge is 2.28. The lowest BCUT2D eigenvalue weighted by Gasteiger charge is -2.36. The number of fused-ring (bicyclic) bond motifs is 1. The first kappa shape index (κ1) is 27.7. The van der Waals surface area contributed by atoms with Gasteiger partial charge in [0.2, 0.25) is 5.91 Å². The van der Waals surface area contributed by atoms with E-state index >= 15 is 4.39 Å². The van der Waals surface area contributed by atoms with Crippen molar-refractivity contribution in [1.29, 1.82) is 0 Å². The summed E-state index contributed by atoms with van der Waals surface area (Å²) >= 11 is 0. The first-order valence-electron chi connectivity index (χ1n) is 13.0. The molecule has 5 rings (SSSR count). The summed E-state index contributed by atoms with van der Waals surface area (Å²) in [4.78, 5) is 50.1. The van der Waals surface area contributed by atoms with E-state index in [2.05, 4.69) is 16.5 Å². The minimum atomic E-state index is -1.01. The molecule has 41 heavy (non-hydrogen) atoms. The van der Waals surface area contributed by atoms with Crippen molar-refractivity contribution in [2.24, 2.45) is 0 Å². The Morgan fingerprint density at radius 2 is 1.78 bits per heavy atom. The summed E-state index contributed by atoms with van der Waals surface area (Å²) in [6, 6.07) is 6.20. The third-order valence-corrected chi connectivity index (χ3v) is 7.13. The quantitative estimate of drug-likeness (QED) is 0.294. The predicted octanol–water partition coefficient (Wildman–Crippen LogP) is 2.99. The highest BCUT2D eigenvalue weighted by molar-refractivity contribution is 5.87. The molecule has 1 aliphatic heterocycles. The minimum Gasteiger partial charge on any atom is -0.507 e. The number of phenolic OH excluding ortho intramolecular Hbond substituents is 1. The van der Waals surface area contributed by atoms with Crippen LogP contribution in [0.25, 0.3) is 28.1 Å². The number of aryl methyl sites for hydroxylation is 1. The number of rotatable bonds is 5. The number of aromatic hydroxyl groups is 1. The zero-order chi connectivity index (χ0) is 29.6. The number of nitrogens with zero attached hydrogens (tertiary/aromatic N) is 6. The van der Waals surface area contributed by atoms with Crippen LogP contribution in [-0.2, 0) is 4.79 Å². The Labute approximate surface area is 233 Å². The molecule has 0 spiro atoms. The van der Waals surface area contributed by atoms with Gasteiger partial charge in [-0.05, 0) is 42.7 Å². The molecule has 0 saturated carbocycles. The van der Waals surface area contributed by atoms with Gasteiger partial charge in [-0.3, -0.25) is 23.9 Å². The standard InChI is InChI=1S/C29H28F2N6O4/c1-5-22(39)34-11-13-35(14-12-34)37-20-15-19(31)25(23-18(30)7-6-8-21(23)38)33-27(20)36(28(40)29(37)41)26-17(4)9-10-32-24(26)16(2)3/h5-10,15-16,38H,1,11-14H2,2-4H3. The zero-order valence-corrected chi connectivity index (χ0v) is 22.8. The molecule has 1 aromatic carbocycles. The van der Waals surface area contributed by atoms with Crippen LogP contribution in [0.1, 0.15) is 31.0 Å². The molecule has 1 saturated heterocycles. The van der Waals surface area contributed by atoms with Gasteiger partial charge in [0.15, 0.2) is 11.5 Å². The van der Waals surface area contributed by atoms with E-state index in [-0.39, 0.29) is 49.2 Å². The van der Waals surface area contributed by atoms with Crippen molar-refractivity contribution < 1.29 is 18.7 Å². The minimum absolute atomic E-state index is 0.0480. The van der Waals surface area contributed by atoms with Gasteiger partial charge in [0.05, 0.1) is 30.0 Å². The third kappa shape index (κ3) is 4.64. The second kappa shape index (κ2) is 10.6. The van der Waals surface area contributed by atoms with Crippen molar-refractivity contribution in [2.45, 2.75) is 26.7 Å². The fraction of sp³-hybridized carbons (Fsp3) is 0.276. The summed E-state index contributed by atoms with van der Waals surface area (Å²) in [7, 11) is 0. The fourth-order valence-electron chi connectivity index (χ4n) is 5.12. The Hall–Kier alpha value is -4.87. The number of pyridine rings is 2. The number of carbonyl (C=O) groups excluding carboxylic acids is 1. The molecule has 10 nitrogen and oxygen atoms in total. The highest BCUT2D eigenvalue weighted by Crippen LogP contribution is 2.34. The molecule has 1 N–H and O–H groups in total. The molecule has 1 amide bonds. The number of halogens is 2. The van der Waals surface area contributed by atoms with Gasteiger partial charge >= 0.3 is 11.1 Å². The summed E-state index contributed by atoms with van der Waals surface area (Å²) in [5, 5.41) is 12.0. The number of benzene rings is 1. The van der Waals surface area contributed by atoms with Crippen LogP contribution in [0.2, 0.25) is 0 Å². The van der Waals surface area contributed by atoms with Gasteiger partial charge in [-0.1, -0.05) is 26.5 Å². The van der Waals surface area contributed by atoms with Crippen LogP contribution >= 0.6 is 0 Å². The number of amides is 1. The van der Waals surface area contributed by atoms with Gasteiger partial charge in [-0.25, -0.2) is 18.4 Å². The predicted molar refractivity (Wildman–Crippen MR) is 150 cm³/mol. The lowest BCUT2D eigenvalue weighted by atomic mass is 10.0. The molecule has 4 heterocycles. The van der Waals surface area contributed by atoms with E-state index in [0.717, 1.165) is 21.4 Å². The van der Waals surface area contributed by atoms with E-state index in [1.807, 2.05) is 13.8 Å². The summed E-state index contributed by atoms with van der Waals surface area (Å²) < 4.78 is 32.8. The zero-order valence-electron chi connectivity index (χ0n) is 22.8. The molecule has 0 radical (unpaired) electrons. The fourth-order valence-corrected chi connectivity index (χ4v) is 5.12. The number of phenols is 1. The van der Waals surface area contributed by atoms with Crippen molar-refractivity contribution >= 4 is 17.1 Å². The van der Waals surface area contributed by atoms with E-state index < -0.39 is 39.8 Å². The smallest absolute Gasteiger partial charge is 0.335 e. The van der Waals surface area contributed by atoms with E-state index in [0.29, 0.717) is 16.9 Å². The average molecular weight is 563 g/mol. The maximum Gasteiger partial charge on any atom is 0.335 e. The lowest BCUT2D eigenvalue weighted by molar-refractivity contribution is -0.126. The van der Waals surface area contributed by atoms with Gasteiger partial charge in [-0.15, -0.1) is 0 Å². The number of carbonyl (C=O) groups is 1. The van der Waals surface area contributed by atoms with Gasteiger partial charge in [0, 0.05) is 25.4 Å². The molecule has 4 aromatic rings. The molecule has 1 aliphatic rings. The lowest BCUT2D eigenvalue weighted by Crippen LogP contribution is -2.58. The molecular weight excluding hydrogens is 534 g/mol. The van der Waals surface area contributed by atoms with Crippen LogP contribution in [0, 0.1) is 18.6 Å². The number of aromatic nitrogens is 4. The molecular formula is C29H28F2N6O4. The first-order valence-corrected chi connectivity index (χ1v) is 13.0. The molecule has 3 aromatic heterocycles. The monoisotopic (exact) mass is 562 g/mol. The molecule has 1 fully saturated rings. The Morgan fingerprint density at radius 1 is 1.07 bits per heavy atom. The van der Waals surface area contributed by atoms with Crippen LogP contribution in [0.15, 0.2) is 58.8 Å². The Morgan fingerprint density at radius 3 is 2.41 bits per heavy atom. The summed E-state index contributed by atoms with van der Waals surface area (Å²) in [5.74, 6) is -2.90. The maximum absolute atomic E-state index is 15.7. The molecule has 0 atom stereocenters. The van der Waals surface area contributed by atoms with Crippen LogP contribution in [0.5, 0.6) is 5.75 Å². The Kier molecular flexibility index (Phi) is 7.16. The number of hydrogen-bond acceptors (Lipinski definition) is 7. The van der Waals surface area contributed by atoms with Crippen LogP contribution in [0.3, 0.4) is 0 Å². The summed E-state index contributed by atoms with van der Waals surface area (Å²) in [6.45, 7) is 9.79. The van der Waals surface area contributed by atoms with Crippen molar-refractivity contribution in [3.8, 4) is 22.7 Å².